The van der Waals surface area contributed by atoms with Crippen molar-refractivity contribution in [2.24, 2.45) is 0 Å². The molecule has 0 aliphatic carbocycles. The number of aromatic nitrogens is 2. The third kappa shape index (κ3) is 3.78. The normalized spacial score (nSPS) is 13.6. The van der Waals surface area contributed by atoms with Crippen molar-refractivity contribution in [3.63, 3.8) is 0 Å². The molecule has 2 aromatic rings. The molecule has 3 N–H and O–H groups in total. The van der Waals surface area contributed by atoms with Gasteiger partial charge in [-0.15, -0.1) is 0 Å². The van der Waals surface area contributed by atoms with Gasteiger partial charge in [-0.2, -0.15) is 5.10 Å². The standard InChI is InChI=1S/C17H22N4O2/c1-2-23-11-13-5-3-12(4-6-13)9-19-17(22)16-14-10-18-8-7-15(14)20-21-16/h3-6,18H,2,7-11H2,1H3,(H,19,22)(H,20,21). The van der Waals surface area contributed by atoms with Crippen LogP contribution in [-0.4, -0.2) is 29.3 Å². The van der Waals surface area contributed by atoms with Gasteiger partial charge in [0.25, 0.3) is 5.91 Å². The van der Waals surface area contributed by atoms with E-state index >= 15 is 0 Å². The van der Waals surface area contributed by atoms with E-state index in [0.29, 0.717) is 32.0 Å². The average Bonchev–Trinajstić information content (AvgIpc) is 3.03. The first-order valence-electron chi connectivity index (χ1n) is 7.98. The Balaban J connectivity index is 1.57. The summed E-state index contributed by atoms with van der Waals surface area (Å²) in [4.78, 5) is 12.3. The fourth-order valence-electron chi connectivity index (χ4n) is 2.65. The first-order valence-corrected chi connectivity index (χ1v) is 7.98. The molecule has 1 amide bonds. The number of hydrogen-bond acceptors (Lipinski definition) is 4. The topological polar surface area (TPSA) is 79.0 Å². The Labute approximate surface area is 135 Å². The molecule has 1 aromatic heterocycles. The Kier molecular flexibility index (Phi) is 5.05. The van der Waals surface area contributed by atoms with E-state index in [4.69, 9.17) is 4.74 Å². The molecule has 0 saturated heterocycles. The molecule has 6 nitrogen and oxygen atoms in total. The zero-order chi connectivity index (χ0) is 16.1. The van der Waals surface area contributed by atoms with Gasteiger partial charge in [0.1, 0.15) is 0 Å². The Bertz CT molecular complexity index is 664. The molecule has 0 unspecified atom stereocenters. The predicted octanol–water partition coefficient (Wildman–Crippen LogP) is 1.52. The summed E-state index contributed by atoms with van der Waals surface area (Å²) in [5.74, 6) is -0.135. The highest BCUT2D eigenvalue weighted by atomic mass is 16.5. The van der Waals surface area contributed by atoms with E-state index in [9.17, 15) is 4.79 Å². The Hall–Kier alpha value is -2.18. The molecule has 23 heavy (non-hydrogen) atoms. The third-order valence-corrected chi connectivity index (χ3v) is 3.97. The number of nitrogens with zero attached hydrogens (tertiary/aromatic N) is 1. The largest absolute Gasteiger partial charge is 0.377 e. The van der Waals surface area contributed by atoms with Gasteiger partial charge in [-0.1, -0.05) is 24.3 Å². The quantitative estimate of drug-likeness (QED) is 0.755. The number of aromatic amines is 1. The van der Waals surface area contributed by atoms with Crippen LogP contribution in [0, 0.1) is 0 Å². The number of nitrogens with one attached hydrogen (secondary N) is 3. The minimum Gasteiger partial charge on any atom is -0.377 e. The van der Waals surface area contributed by atoms with Crippen molar-refractivity contribution in [1.82, 2.24) is 20.8 Å². The summed E-state index contributed by atoms with van der Waals surface area (Å²) in [5, 5.41) is 13.3. The Morgan fingerprint density at radius 2 is 2.09 bits per heavy atom. The molecule has 6 heteroatoms. The molecule has 0 atom stereocenters. The second kappa shape index (κ2) is 7.39. The van der Waals surface area contributed by atoms with E-state index in [1.807, 2.05) is 31.2 Å². The van der Waals surface area contributed by atoms with Crippen LogP contribution in [-0.2, 0) is 30.9 Å². The van der Waals surface area contributed by atoms with Crippen molar-refractivity contribution in [3.05, 3.63) is 52.3 Å². The highest BCUT2D eigenvalue weighted by Gasteiger charge is 2.21. The van der Waals surface area contributed by atoms with Gasteiger partial charge in [-0.3, -0.25) is 9.89 Å². The highest BCUT2D eigenvalue weighted by Crippen LogP contribution is 2.15. The number of carbonyl (C=O) groups excluding carboxylic acids is 1. The van der Waals surface area contributed by atoms with Gasteiger partial charge >= 0.3 is 0 Å². The van der Waals surface area contributed by atoms with Crippen LogP contribution >= 0.6 is 0 Å². The van der Waals surface area contributed by atoms with E-state index in [-0.39, 0.29) is 5.91 Å². The van der Waals surface area contributed by atoms with Crippen molar-refractivity contribution in [2.45, 2.75) is 33.0 Å². The minimum atomic E-state index is -0.135. The monoisotopic (exact) mass is 314 g/mol. The van der Waals surface area contributed by atoms with Gasteiger partial charge in [-0.05, 0) is 18.1 Å². The summed E-state index contributed by atoms with van der Waals surface area (Å²) in [6.45, 7) is 5.41. The van der Waals surface area contributed by atoms with Gasteiger partial charge in [0.2, 0.25) is 0 Å². The molecular weight excluding hydrogens is 292 g/mol. The highest BCUT2D eigenvalue weighted by molar-refractivity contribution is 5.94. The lowest BCUT2D eigenvalue weighted by molar-refractivity contribution is 0.0944. The average molecular weight is 314 g/mol. The molecule has 1 aliphatic heterocycles. The number of hydrogen-bond donors (Lipinski definition) is 3. The zero-order valence-electron chi connectivity index (χ0n) is 13.3. The summed E-state index contributed by atoms with van der Waals surface area (Å²) >= 11 is 0. The molecule has 0 saturated carbocycles. The van der Waals surface area contributed by atoms with Gasteiger partial charge in [0, 0.05) is 43.9 Å². The maximum absolute atomic E-state index is 12.3. The van der Waals surface area contributed by atoms with Crippen molar-refractivity contribution in [3.8, 4) is 0 Å². The number of rotatable bonds is 6. The zero-order valence-corrected chi connectivity index (χ0v) is 13.3. The van der Waals surface area contributed by atoms with Crippen molar-refractivity contribution >= 4 is 5.91 Å². The Morgan fingerprint density at radius 1 is 1.30 bits per heavy atom. The van der Waals surface area contributed by atoms with Crippen LogP contribution in [0.1, 0.15) is 39.8 Å². The molecule has 1 aromatic carbocycles. The van der Waals surface area contributed by atoms with Gasteiger partial charge in [-0.25, -0.2) is 0 Å². The fraction of sp³-hybridized carbons (Fsp3) is 0.412. The second-order valence-corrected chi connectivity index (χ2v) is 5.59. The van der Waals surface area contributed by atoms with E-state index < -0.39 is 0 Å². The molecule has 0 bridgehead atoms. The van der Waals surface area contributed by atoms with Crippen molar-refractivity contribution in [1.29, 1.82) is 0 Å². The van der Waals surface area contributed by atoms with Gasteiger partial charge in [0.05, 0.1) is 6.61 Å². The summed E-state index contributed by atoms with van der Waals surface area (Å²) in [5.41, 5.74) is 4.74. The molecule has 3 rings (SSSR count). The summed E-state index contributed by atoms with van der Waals surface area (Å²) < 4.78 is 5.37. The summed E-state index contributed by atoms with van der Waals surface area (Å²) in [6, 6.07) is 8.07. The predicted molar refractivity (Wildman–Crippen MR) is 86.9 cm³/mol. The number of carbonyl (C=O) groups is 1. The van der Waals surface area contributed by atoms with Crippen LogP contribution in [0.15, 0.2) is 24.3 Å². The smallest absolute Gasteiger partial charge is 0.272 e. The van der Waals surface area contributed by atoms with Crippen LogP contribution in [0.25, 0.3) is 0 Å². The molecule has 0 radical (unpaired) electrons. The SMILES string of the molecule is CCOCc1ccc(CNC(=O)c2n[nH]c3c2CNCC3)cc1. The van der Waals surface area contributed by atoms with Crippen LogP contribution in [0.5, 0.6) is 0 Å². The van der Waals surface area contributed by atoms with Crippen LogP contribution < -0.4 is 10.6 Å². The van der Waals surface area contributed by atoms with Gasteiger partial charge < -0.3 is 15.4 Å². The maximum atomic E-state index is 12.3. The number of benzene rings is 1. The van der Waals surface area contributed by atoms with Crippen LogP contribution in [0.3, 0.4) is 0 Å². The lowest BCUT2D eigenvalue weighted by Gasteiger charge is -2.13. The van der Waals surface area contributed by atoms with Crippen LogP contribution in [0.2, 0.25) is 0 Å². The van der Waals surface area contributed by atoms with Crippen LogP contribution in [0.4, 0.5) is 0 Å². The molecular formula is C17H22N4O2. The Morgan fingerprint density at radius 3 is 2.87 bits per heavy atom. The maximum Gasteiger partial charge on any atom is 0.272 e. The van der Waals surface area contributed by atoms with E-state index in [2.05, 4.69) is 20.8 Å². The molecule has 0 fully saturated rings. The number of H-pyrrole nitrogens is 1. The molecule has 122 valence electrons. The van der Waals surface area contributed by atoms with E-state index in [1.54, 1.807) is 0 Å². The van der Waals surface area contributed by atoms with Crippen molar-refractivity contribution < 1.29 is 9.53 Å². The third-order valence-electron chi connectivity index (χ3n) is 3.97. The molecule has 1 aliphatic rings. The lowest BCUT2D eigenvalue weighted by Crippen LogP contribution is -2.28. The molecule has 0 spiro atoms. The summed E-state index contributed by atoms with van der Waals surface area (Å²) in [7, 11) is 0. The van der Waals surface area contributed by atoms with Gasteiger partial charge in [0.15, 0.2) is 5.69 Å². The van der Waals surface area contributed by atoms with Crippen molar-refractivity contribution in [2.75, 3.05) is 13.2 Å². The second-order valence-electron chi connectivity index (χ2n) is 5.59. The fourth-order valence-corrected chi connectivity index (χ4v) is 2.65. The number of ether oxygens (including phenoxy) is 1. The number of fused-ring (bicyclic) bond motifs is 1. The first-order chi connectivity index (χ1) is 11.3. The lowest BCUT2D eigenvalue weighted by atomic mass is 10.1. The number of amides is 1. The molecule has 2 heterocycles. The van der Waals surface area contributed by atoms with E-state index in [1.165, 1.54) is 0 Å². The van der Waals surface area contributed by atoms with E-state index in [0.717, 1.165) is 35.3 Å². The summed E-state index contributed by atoms with van der Waals surface area (Å²) in [6.07, 6.45) is 0.886. The first kappa shape index (κ1) is 15.7. The minimum absolute atomic E-state index is 0.135.